The fourth-order valence-corrected chi connectivity index (χ4v) is 2.58. The molecule has 3 nitrogen and oxygen atoms in total. The predicted octanol–water partition coefficient (Wildman–Crippen LogP) is 3.09. The second kappa shape index (κ2) is 5.42. The molecule has 1 fully saturated rings. The van der Waals surface area contributed by atoms with Crippen LogP contribution in [0.2, 0.25) is 0 Å². The Labute approximate surface area is 108 Å². The van der Waals surface area contributed by atoms with Crippen LogP contribution >= 0.6 is 0 Å². The molecular formula is C15H20O3. The van der Waals surface area contributed by atoms with Crippen LogP contribution in [0.3, 0.4) is 0 Å². The van der Waals surface area contributed by atoms with Crippen LogP contribution in [-0.4, -0.2) is 17.7 Å². The predicted molar refractivity (Wildman–Crippen MR) is 69.4 cm³/mol. The van der Waals surface area contributed by atoms with E-state index in [2.05, 4.69) is 6.92 Å². The lowest BCUT2D eigenvalue weighted by atomic mass is 9.90. The van der Waals surface area contributed by atoms with Gasteiger partial charge in [-0.25, -0.2) is 0 Å². The van der Waals surface area contributed by atoms with Crippen molar-refractivity contribution < 1.29 is 14.6 Å². The van der Waals surface area contributed by atoms with Gasteiger partial charge in [0.25, 0.3) is 0 Å². The minimum absolute atomic E-state index is 0.148. The average molecular weight is 248 g/mol. The van der Waals surface area contributed by atoms with Gasteiger partial charge in [0.1, 0.15) is 5.75 Å². The van der Waals surface area contributed by atoms with Crippen LogP contribution in [0.4, 0.5) is 0 Å². The molecule has 0 spiro atoms. The third-order valence-electron chi connectivity index (χ3n) is 3.68. The third kappa shape index (κ3) is 3.03. The van der Waals surface area contributed by atoms with Gasteiger partial charge in [-0.1, -0.05) is 19.1 Å². The first-order valence-corrected chi connectivity index (χ1v) is 6.56. The van der Waals surface area contributed by atoms with Gasteiger partial charge < -0.3 is 9.84 Å². The molecule has 98 valence electrons. The van der Waals surface area contributed by atoms with Crippen LogP contribution in [0.15, 0.2) is 24.3 Å². The van der Waals surface area contributed by atoms with Gasteiger partial charge >= 0.3 is 5.97 Å². The maximum atomic E-state index is 11.7. The smallest absolute Gasteiger partial charge is 0.306 e. The lowest BCUT2D eigenvalue weighted by Gasteiger charge is -2.16. The van der Waals surface area contributed by atoms with Crippen molar-refractivity contribution in [1.29, 1.82) is 0 Å². The van der Waals surface area contributed by atoms with E-state index in [9.17, 15) is 9.90 Å². The number of esters is 1. The fourth-order valence-electron chi connectivity index (χ4n) is 2.58. The van der Waals surface area contributed by atoms with E-state index in [4.69, 9.17) is 4.74 Å². The molecule has 0 saturated heterocycles. The van der Waals surface area contributed by atoms with Crippen molar-refractivity contribution in [2.24, 2.45) is 11.8 Å². The number of aromatic hydroxyl groups is 1. The molecule has 0 aromatic heterocycles. The molecule has 3 heteroatoms. The summed E-state index contributed by atoms with van der Waals surface area (Å²) in [6.45, 7) is 4.44. The van der Waals surface area contributed by atoms with E-state index >= 15 is 0 Å². The van der Waals surface area contributed by atoms with Gasteiger partial charge in [-0.2, -0.15) is 0 Å². The van der Waals surface area contributed by atoms with Crippen LogP contribution < -0.4 is 0 Å². The molecule has 1 aliphatic rings. The molecule has 0 amide bonds. The Bertz CT molecular complexity index is 428. The van der Waals surface area contributed by atoms with Crippen LogP contribution in [0.1, 0.15) is 38.2 Å². The molecule has 0 bridgehead atoms. The molecule has 3 atom stereocenters. The van der Waals surface area contributed by atoms with Crippen LogP contribution in [0, 0.1) is 11.8 Å². The van der Waals surface area contributed by atoms with E-state index in [1.54, 1.807) is 12.1 Å². The Hall–Kier alpha value is -1.51. The molecule has 1 aliphatic carbocycles. The average Bonchev–Trinajstić information content (AvgIpc) is 3.03. The minimum atomic E-state index is -0.148. The highest BCUT2D eigenvalue weighted by Crippen LogP contribution is 2.50. The fraction of sp³-hybridized carbons (Fsp3) is 0.533. The number of benzene rings is 1. The van der Waals surface area contributed by atoms with Crippen molar-refractivity contribution in [2.45, 2.75) is 32.6 Å². The molecule has 2 rings (SSSR count). The van der Waals surface area contributed by atoms with Crippen LogP contribution in [0.5, 0.6) is 5.75 Å². The molecule has 1 N–H and O–H groups in total. The van der Waals surface area contributed by atoms with Crippen LogP contribution in [-0.2, 0) is 9.53 Å². The summed E-state index contributed by atoms with van der Waals surface area (Å²) in [6, 6.07) is 7.22. The summed E-state index contributed by atoms with van der Waals surface area (Å²) in [4.78, 5) is 11.7. The topological polar surface area (TPSA) is 46.5 Å². The summed E-state index contributed by atoms with van der Waals surface area (Å²) >= 11 is 0. The summed E-state index contributed by atoms with van der Waals surface area (Å²) < 4.78 is 5.04. The Morgan fingerprint density at radius 2 is 2.28 bits per heavy atom. The first-order chi connectivity index (χ1) is 8.61. The summed E-state index contributed by atoms with van der Waals surface area (Å²) in [5.41, 5.74) is 1.04. The van der Waals surface area contributed by atoms with Gasteiger partial charge in [-0.15, -0.1) is 0 Å². The van der Waals surface area contributed by atoms with Gasteiger partial charge in [-0.3, -0.25) is 4.79 Å². The van der Waals surface area contributed by atoms with Crippen LogP contribution in [0.25, 0.3) is 0 Å². The van der Waals surface area contributed by atoms with E-state index in [1.807, 2.05) is 19.1 Å². The number of carbonyl (C=O) groups excluding carboxylic acids is 1. The number of phenols is 1. The highest BCUT2D eigenvalue weighted by atomic mass is 16.5. The number of rotatable bonds is 5. The molecular weight excluding hydrogens is 228 g/mol. The Kier molecular flexibility index (Phi) is 3.90. The Morgan fingerprint density at radius 1 is 1.56 bits per heavy atom. The maximum Gasteiger partial charge on any atom is 0.306 e. The Balaban J connectivity index is 2.13. The molecule has 1 aromatic carbocycles. The van der Waals surface area contributed by atoms with E-state index < -0.39 is 0 Å². The van der Waals surface area contributed by atoms with Gasteiger partial charge in [0.2, 0.25) is 0 Å². The molecule has 1 saturated carbocycles. The summed E-state index contributed by atoms with van der Waals surface area (Å²) in [5, 5.41) is 9.55. The van der Waals surface area contributed by atoms with Crippen molar-refractivity contribution in [1.82, 2.24) is 0 Å². The van der Waals surface area contributed by atoms with E-state index in [-0.39, 0.29) is 17.6 Å². The van der Waals surface area contributed by atoms with Crippen molar-refractivity contribution in [3.8, 4) is 5.75 Å². The normalized spacial score (nSPS) is 23.4. The highest BCUT2D eigenvalue weighted by Gasteiger charge is 2.41. The summed E-state index contributed by atoms with van der Waals surface area (Å²) in [6.07, 6.45) is 1.56. The SMILES string of the molecule is CCOC(=O)C[C@H](c1cccc(O)c1)[C@@H]1C[C@H]1C. The first-order valence-electron chi connectivity index (χ1n) is 6.56. The van der Waals surface area contributed by atoms with Gasteiger partial charge in [0.15, 0.2) is 0 Å². The van der Waals surface area contributed by atoms with Crippen molar-refractivity contribution in [2.75, 3.05) is 6.61 Å². The second-order valence-corrected chi connectivity index (χ2v) is 5.09. The zero-order valence-electron chi connectivity index (χ0n) is 10.9. The lowest BCUT2D eigenvalue weighted by Crippen LogP contribution is -2.12. The second-order valence-electron chi connectivity index (χ2n) is 5.09. The highest BCUT2D eigenvalue weighted by molar-refractivity contribution is 5.70. The molecule has 0 heterocycles. The maximum absolute atomic E-state index is 11.7. The summed E-state index contributed by atoms with van der Waals surface area (Å²) in [5.74, 6) is 1.48. The number of hydrogen-bond acceptors (Lipinski definition) is 3. The van der Waals surface area contributed by atoms with Crippen molar-refractivity contribution in [3.63, 3.8) is 0 Å². The van der Waals surface area contributed by atoms with E-state index in [1.165, 1.54) is 0 Å². The third-order valence-corrected chi connectivity index (χ3v) is 3.68. The number of phenolic OH excluding ortho intramolecular Hbond substituents is 1. The number of hydrogen-bond donors (Lipinski definition) is 1. The monoisotopic (exact) mass is 248 g/mol. The molecule has 18 heavy (non-hydrogen) atoms. The standard InChI is InChI=1S/C15H20O3/c1-3-18-15(17)9-14(13-7-10(13)2)11-5-4-6-12(16)8-11/h4-6,8,10,13-14,16H,3,7,9H2,1-2H3/t10-,13-,14-/m1/s1. The first kappa shape index (κ1) is 12.9. The zero-order valence-corrected chi connectivity index (χ0v) is 10.9. The molecule has 0 aliphatic heterocycles. The zero-order chi connectivity index (χ0) is 13.1. The largest absolute Gasteiger partial charge is 0.508 e. The lowest BCUT2D eigenvalue weighted by molar-refractivity contribution is -0.143. The van der Waals surface area contributed by atoms with Gasteiger partial charge in [0, 0.05) is 0 Å². The van der Waals surface area contributed by atoms with E-state index in [0.717, 1.165) is 12.0 Å². The van der Waals surface area contributed by atoms with Gasteiger partial charge in [0.05, 0.1) is 13.0 Å². The van der Waals surface area contributed by atoms with Gasteiger partial charge in [-0.05, 0) is 48.8 Å². The molecule has 1 aromatic rings. The number of carbonyl (C=O) groups is 1. The quantitative estimate of drug-likeness (QED) is 0.814. The molecule has 0 unspecified atom stereocenters. The summed E-state index contributed by atoms with van der Waals surface area (Å²) in [7, 11) is 0. The Morgan fingerprint density at radius 3 is 2.83 bits per heavy atom. The van der Waals surface area contributed by atoms with E-state index in [0.29, 0.717) is 24.9 Å². The number of ether oxygens (including phenoxy) is 1. The van der Waals surface area contributed by atoms with Crippen molar-refractivity contribution >= 4 is 5.97 Å². The minimum Gasteiger partial charge on any atom is -0.508 e. The van der Waals surface area contributed by atoms with Crippen molar-refractivity contribution in [3.05, 3.63) is 29.8 Å². The molecule has 0 radical (unpaired) electrons.